The summed E-state index contributed by atoms with van der Waals surface area (Å²) in [6, 6.07) is 0.131. The van der Waals surface area contributed by atoms with Crippen LogP contribution >= 0.6 is 0 Å². The van der Waals surface area contributed by atoms with Crippen LogP contribution in [0.15, 0.2) is 0 Å². The highest BCUT2D eigenvalue weighted by Gasteiger charge is 2.28. The van der Waals surface area contributed by atoms with Gasteiger partial charge in [0.1, 0.15) is 6.17 Å². The molecule has 1 heterocycles. The van der Waals surface area contributed by atoms with E-state index < -0.39 is 6.17 Å². The number of likely N-dealkylation sites (tertiary alicyclic amines) is 1. The van der Waals surface area contributed by atoms with Gasteiger partial charge in [-0.2, -0.15) is 0 Å². The van der Waals surface area contributed by atoms with Crippen LogP contribution in [0, 0.1) is 0 Å². The lowest BCUT2D eigenvalue weighted by molar-refractivity contribution is 0.0709. The molecule has 0 aromatic heterocycles. The standard InChI is InChI=1S/C8H17FN2/c1-10(2)8-4-5-11(3)6-7(8)9/h7-8H,4-6H2,1-3H3. The van der Waals surface area contributed by atoms with Crippen molar-refractivity contribution in [3.05, 3.63) is 0 Å². The van der Waals surface area contributed by atoms with Gasteiger partial charge in [-0.1, -0.05) is 0 Å². The van der Waals surface area contributed by atoms with Crippen LogP contribution in [0.25, 0.3) is 0 Å². The lowest BCUT2D eigenvalue weighted by Crippen LogP contribution is -2.48. The van der Waals surface area contributed by atoms with Gasteiger partial charge in [0.05, 0.1) is 0 Å². The molecule has 3 heteroatoms. The Morgan fingerprint density at radius 2 is 2.09 bits per heavy atom. The van der Waals surface area contributed by atoms with Crippen molar-refractivity contribution in [3.63, 3.8) is 0 Å². The summed E-state index contributed by atoms with van der Waals surface area (Å²) >= 11 is 0. The van der Waals surface area contributed by atoms with Crippen molar-refractivity contribution in [2.24, 2.45) is 0 Å². The van der Waals surface area contributed by atoms with Gasteiger partial charge in [-0.3, -0.25) is 0 Å². The third-order valence-electron chi connectivity index (χ3n) is 2.37. The average molecular weight is 160 g/mol. The zero-order chi connectivity index (χ0) is 8.43. The summed E-state index contributed by atoms with van der Waals surface area (Å²) < 4.78 is 13.3. The largest absolute Gasteiger partial charge is 0.303 e. The maximum atomic E-state index is 13.3. The second kappa shape index (κ2) is 3.50. The van der Waals surface area contributed by atoms with Crippen LogP contribution in [0.4, 0.5) is 4.39 Å². The third-order valence-corrected chi connectivity index (χ3v) is 2.37. The number of alkyl halides is 1. The van der Waals surface area contributed by atoms with Gasteiger partial charge in [0, 0.05) is 12.6 Å². The van der Waals surface area contributed by atoms with E-state index in [1.807, 2.05) is 30.9 Å². The lowest BCUT2D eigenvalue weighted by Gasteiger charge is -2.35. The molecule has 0 bridgehead atoms. The van der Waals surface area contributed by atoms with Crippen molar-refractivity contribution in [1.82, 2.24) is 9.80 Å². The maximum Gasteiger partial charge on any atom is 0.128 e. The highest BCUT2D eigenvalue weighted by Crippen LogP contribution is 2.15. The van der Waals surface area contributed by atoms with E-state index in [0.29, 0.717) is 6.54 Å². The topological polar surface area (TPSA) is 6.48 Å². The van der Waals surface area contributed by atoms with E-state index in [9.17, 15) is 4.39 Å². The molecule has 0 saturated carbocycles. The molecule has 0 aromatic carbocycles. The summed E-state index contributed by atoms with van der Waals surface area (Å²) in [6.45, 7) is 1.60. The predicted molar refractivity (Wildman–Crippen MR) is 44.5 cm³/mol. The Kier molecular flexibility index (Phi) is 2.84. The first-order valence-electron chi connectivity index (χ1n) is 4.10. The number of halogens is 1. The molecule has 0 N–H and O–H groups in total. The van der Waals surface area contributed by atoms with Crippen molar-refractivity contribution in [2.75, 3.05) is 34.2 Å². The summed E-state index contributed by atoms with van der Waals surface area (Å²) in [4.78, 5) is 4.03. The molecule has 1 rings (SSSR count). The van der Waals surface area contributed by atoms with Crippen LogP contribution in [0.2, 0.25) is 0 Å². The Balaban J connectivity index is 2.44. The normalized spacial score (nSPS) is 34.6. The van der Waals surface area contributed by atoms with E-state index >= 15 is 0 Å². The second-order valence-electron chi connectivity index (χ2n) is 3.60. The zero-order valence-electron chi connectivity index (χ0n) is 7.55. The minimum absolute atomic E-state index is 0.131. The van der Waals surface area contributed by atoms with E-state index in [2.05, 4.69) is 0 Å². The Bertz CT molecular complexity index is 127. The summed E-state index contributed by atoms with van der Waals surface area (Å²) in [5, 5.41) is 0. The first-order valence-corrected chi connectivity index (χ1v) is 4.10. The lowest BCUT2D eigenvalue weighted by atomic mass is 10.0. The fourth-order valence-electron chi connectivity index (χ4n) is 1.63. The Morgan fingerprint density at radius 3 is 2.55 bits per heavy atom. The van der Waals surface area contributed by atoms with Crippen molar-refractivity contribution in [2.45, 2.75) is 18.6 Å². The van der Waals surface area contributed by atoms with Crippen LogP contribution in [0.1, 0.15) is 6.42 Å². The second-order valence-corrected chi connectivity index (χ2v) is 3.60. The van der Waals surface area contributed by atoms with Crippen molar-refractivity contribution < 1.29 is 4.39 Å². The molecule has 1 aliphatic rings. The van der Waals surface area contributed by atoms with Crippen molar-refractivity contribution in [1.29, 1.82) is 0 Å². The first-order chi connectivity index (χ1) is 5.11. The Hall–Kier alpha value is -0.150. The molecular formula is C8H17FN2. The maximum absolute atomic E-state index is 13.3. The highest BCUT2D eigenvalue weighted by molar-refractivity contribution is 4.83. The number of nitrogens with zero attached hydrogens (tertiary/aromatic N) is 2. The predicted octanol–water partition coefficient (Wildman–Crippen LogP) is 0.590. The molecule has 1 saturated heterocycles. The minimum atomic E-state index is -0.677. The number of hydrogen-bond acceptors (Lipinski definition) is 2. The van der Waals surface area contributed by atoms with E-state index in [-0.39, 0.29) is 6.04 Å². The molecule has 0 amide bonds. The van der Waals surface area contributed by atoms with Crippen LogP contribution in [-0.4, -0.2) is 56.2 Å². The van der Waals surface area contributed by atoms with E-state index in [0.717, 1.165) is 13.0 Å². The monoisotopic (exact) mass is 160 g/mol. The molecule has 2 unspecified atom stereocenters. The molecule has 11 heavy (non-hydrogen) atoms. The van der Waals surface area contributed by atoms with E-state index in [1.165, 1.54) is 0 Å². The van der Waals surface area contributed by atoms with Crippen LogP contribution in [0.3, 0.4) is 0 Å². The molecule has 1 aliphatic heterocycles. The third kappa shape index (κ3) is 2.14. The summed E-state index contributed by atoms with van der Waals surface area (Å²) in [6.07, 6.45) is 0.272. The number of piperidine rings is 1. The van der Waals surface area contributed by atoms with Gasteiger partial charge >= 0.3 is 0 Å². The molecule has 0 aromatic rings. The number of rotatable bonds is 1. The SMILES string of the molecule is CN1CCC(N(C)C)C(F)C1. The zero-order valence-corrected chi connectivity index (χ0v) is 7.55. The van der Waals surface area contributed by atoms with Crippen LogP contribution < -0.4 is 0 Å². The van der Waals surface area contributed by atoms with Gasteiger partial charge in [0.15, 0.2) is 0 Å². The molecule has 2 nitrogen and oxygen atoms in total. The molecule has 66 valence electrons. The molecule has 0 aliphatic carbocycles. The van der Waals surface area contributed by atoms with E-state index in [4.69, 9.17) is 0 Å². The highest BCUT2D eigenvalue weighted by atomic mass is 19.1. The molecular weight excluding hydrogens is 143 g/mol. The summed E-state index contributed by atoms with van der Waals surface area (Å²) in [5.41, 5.74) is 0. The van der Waals surface area contributed by atoms with Gasteiger partial charge < -0.3 is 9.80 Å². The smallest absolute Gasteiger partial charge is 0.128 e. The molecule has 2 atom stereocenters. The van der Waals surface area contributed by atoms with Crippen molar-refractivity contribution in [3.8, 4) is 0 Å². The van der Waals surface area contributed by atoms with Gasteiger partial charge in [-0.15, -0.1) is 0 Å². The van der Waals surface area contributed by atoms with Crippen molar-refractivity contribution >= 4 is 0 Å². The molecule has 0 radical (unpaired) electrons. The average Bonchev–Trinajstić information content (AvgIpc) is 1.85. The molecule has 0 spiro atoms. The first kappa shape index (κ1) is 8.94. The fraction of sp³-hybridized carbons (Fsp3) is 1.00. The van der Waals surface area contributed by atoms with Crippen LogP contribution in [-0.2, 0) is 0 Å². The minimum Gasteiger partial charge on any atom is -0.303 e. The number of hydrogen-bond donors (Lipinski definition) is 0. The Labute approximate surface area is 68.0 Å². The summed E-state index contributed by atoms with van der Waals surface area (Å²) in [5.74, 6) is 0. The fourth-order valence-corrected chi connectivity index (χ4v) is 1.63. The van der Waals surface area contributed by atoms with Gasteiger partial charge in [0.25, 0.3) is 0 Å². The van der Waals surface area contributed by atoms with Crippen LogP contribution in [0.5, 0.6) is 0 Å². The van der Waals surface area contributed by atoms with Gasteiger partial charge in [-0.25, -0.2) is 4.39 Å². The van der Waals surface area contributed by atoms with Gasteiger partial charge in [0.2, 0.25) is 0 Å². The molecule has 1 fully saturated rings. The van der Waals surface area contributed by atoms with Gasteiger partial charge in [-0.05, 0) is 34.1 Å². The quantitative estimate of drug-likeness (QED) is 0.554. The van der Waals surface area contributed by atoms with E-state index in [1.54, 1.807) is 0 Å². The Morgan fingerprint density at radius 1 is 1.45 bits per heavy atom. The summed E-state index contributed by atoms with van der Waals surface area (Å²) in [7, 11) is 5.86.